The van der Waals surface area contributed by atoms with Crippen LogP contribution in [0.15, 0.2) is 35.0 Å². The molecule has 0 saturated carbocycles. The Kier molecular flexibility index (Phi) is 2.81. The highest BCUT2D eigenvalue weighted by Gasteiger charge is 2.14. The van der Waals surface area contributed by atoms with Crippen LogP contribution in [-0.4, -0.2) is 16.2 Å². The van der Waals surface area contributed by atoms with E-state index in [4.69, 9.17) is 5.73 Å². The van der Waals surface area contributed by atoms with Gasteiger partial charge in [-0.25, -0.2) is 4.63 Å². The molecule has 1 aromatic heterocycles. The van der Waals surface area contributed by atoms with E-state index in [-0.39, 0.29) is 11.5 Å². The summed E-state index contributed by atoms with van der Waals surface area (Å²) in [5.74, 6) is -0.409. The molecule has 0 atom stereocenters. The van der Waals surface area contributed by atoms with Crippen LogP contribution in [0.2, 0.25) is 0 Å². The van der Waals surface area contributed by atoms with Crippen molar-refractivity contribution < 1.29 is 9.42 Å². The number of aromatic nitrogens is 2. The molecule has 0 radical (unpaired) electrons. The summed E-state index contributed by atoms with van der Waals surface area (Å²) in [6.45, 7) is 0.409. The van der Waals surface area contributed by atoms with E-state index >= 15 is 0 Å². The molecule has 0 saturated heterocycles. The number of hydrogen-bond acceptors (Lipinski definition) is 5. The van der Waals surface area contributed by atoms with Crippen molar-refractivity contribution in [1.82, 2.24) is 15.6 Å². The average molecular weight is 218 g/mol. The van der Waals surface area contributed by atoms with E-state index in [0.29, 0.717) is 6.54 Å². The number of carbonyl (C=O) groups excluding carboxylic acids is 1. The predicted molar refractivity (Wildman–Crippen MR) is 56.3 cm³/mol. The molecule has 6 heteroatoms. The van der Waals surface area contributed by atoms with Gasteiger partial charge in [0.1, 0.15) is 0 Å². The van der Waals surface area contributed by atoms with Crippen LogP contribution in [-0.2, 0) is 6.54 Å². The number of nitrogen functional groups attached to an aromatic ring is 1. The molecule has 2 rings (SSSR count). The lowest BCUT2D eigenvalue weighted by Gasteiger charge is -2.02. The van der Waals surface area contributed by atoms with E-state index in [1.54, 1.807) is 0 Å². The second-order valence-electron chi connectivity index (χ2n) is 3.17. The first-order chi connectivity index (χ1) is 7.77. The fraction of sp³-hybridized carbons (Fsp3) is 0.100. The van der Waals surface area contributed by atoms with Crippen molar-refractivity contribution in [3.8, 4) is 0 Å². The van der Waals surface area contributed by atoms with Crippen LogP contribution in [0.5, 0.6) is 0 Å². The number of benzene rings is 1. The lowest BCUT2D eigenvalue weighted by molar-refractivity contribution is 0.0941. The summed E-state index contributed by atoms with van der Waals surface area (Å²) in [5, 5.41) is 9.39. The minimum Gasteiger partial charge on any atom is -0.379 e. The first kappa shape index (κ1) is 10.2. The number of anilines is 1. The molecule has 6 nitrogen and oxygen atoms in total. The molecule has 0 aliphatic carbocycles. The summed E-state index contributed by atoms with van der Waals surface area (Å²) in [7, 11) is 0. The third-order valence-electron chi connectivity index (χ3n) is 2.02. The molecule has 3 N–H and O–H groups in total. The average Bonchev–Trinajstić information content (AvgIpc) is 2.74. The van der Waals surface area contributed by atoms with E-state index < -0.39 is 5.91 Å². The van der Waals surface area contributed by atoms with Gasteiger partial charge in [0.15, 0.2) is 0 Å². The van der Waals surface area contributed by atoms with E-state index in [1.165, 1.54) is 0 Å². The highest BCUT2D eigenvalue weighted by Crippen LogP contribution is 2.04. The van der Waals surface area contributed by atoms with Gasteiger partial charge >= 0.3 is 0 Å². The first-order valence-electron chi connectivity index (χ1n) is 4.67. The molecule has 1 amide bonds. The zero-order chi connectivity index (χ0) is 11.4. The summed E-state index contributed by atoms with van der Waals surface area (Å²) >= 11 is 0. The zero-order valence-electron chi connectivity index (χ0n) is 8.38. The third kappa shape index (κ3) is 2.17. The SMILES string of the molecule is Nc1nonc1C(=O)NCc1ccccc1. The van der Waals surface area contributed by atoms with E-state index in [2.05, 4.69) is 20.3 Å². The molecule has 2 aromatic rings. The number of hydrogen-bond donors (Lipinski definition) is 2. The topological polar surface area (TPSA) is 94.0 Å². The molecule has 82 valence electrons. The van der Waals surface area contributed by atoms with Crippen LogP contribution >= 0.6 is 0 Å². The van der Waals surface area contributed by atoms with Gasteiger partial charge in [0.2, 0.25) is 11.5 Å². The second-order valence-corrected chi connectivity index (χ2v) is 3.17. The molecule has 16 heavy (non-hydrogen) atoms. The normalized spacial score (nSPS) is 10.0. The van der Waals surface area contributed by atoms with Gasteiger partial charge in [0.25, 0.3) is 5.91 Å². The maximum absolute atomic E-state index is 11.5. The number of amides is 1. The highest BCUT2D eigenvalue weighted by molar-refractivity contribution is 5.95. The van der Waals surface area contributed by atoms with Crippen molar-refractivity contribution in [2.24, 2.45) is 0 Å². The molecule has 0 spiro atoms. The fourth-order valence-corrected chi connectivity index (χ4v) is 1.21. The number of nitrogens with zero attached hydrogens (tertiary/aromatic N) is 2. The van der Waals surface area contributed by atoms with Gasteiger partial charge in [-0.1, -0.05) is 30.3 Å². The first-order valence-corrected chi connectivity index (χ1v) is 4.67. The summed E-state index contributed by atoms with van der Waals surface area (Å²) < 4.78 is 4.33. The minimum absolute atomic E-state index is 0.00874. The zero-order valence-corrected chi connectivity index (χ0v) is 8.38. The summed E-state index contributed by atoms with van der Waals surface area (Å²) in [5.41, 5.74) is 6.38. The van der Waals surface area contributed by atoms with Crippen LogP contribution in [0.25, 0.3) is 0 Å². The molecule has 1 heterocycles. The molecular formula is C10H10N4O2. The van der Waals surface area contributed by atoms with Gasteiger partial charge in [-0.3, -0.25) is 4.79 Å². The van der Waals surface area contributed by atoms with Crippen molar-refractivity contribution in [3.05, 3.63) is 41.6 Å². The third-order valence-corrected chi connectivity index (χ3v) is 2.02. The Bertz CT molecular complexity index is 481. The van der Waals surface area contributed by atoms with Gasteiger partial charge in [-0.15, -0.1) is 0 Å². The van der Waals surface area contributed by atoms with Crippen LogP contribution < -0.4 is 11.1 Å². The van der Waals surface area contributed by atoms with Crippen LogP contribution in [0.3, 0.4) is 0 Å². The van der Waals surface area contributed by atoms with Crippen molar-refractivity contribution >= 4 is 11.7 Å². The summed E-state index contributed by atoms with van der Waals surface area (Å²) in [4.78, 5) is 11.5. The van der Waals surface area contributed by atoms with Gasteiger partial charge in [-0.05, 0) is 15.9 Å². The Morgan fingerprint density at radius 2 is 2.06 bits per heavy atom. The maximum atomic E-state index is 11.5. The molecular weight excluding hydrogens is 208 g/mol. The second kappa shape index (κ2) is 4.43. The number of carbonyl (C=O) groups is 1. The number of nitrogens with one attached hydrogen (secondary N) is 1. The molecule has 0 unspecified atom stereocenters. The Hall–Kier alpha value is -2.37. The van der Waals surface area contributed by atoms with Gasteiger partial charge in [0.05, 0.1) is 0 Å². The molecule has 1 aromatic carbocycles. The van der Waals surface area contributed by atoms with Crippen molar-refractivity contribution in [2.75, 3.05) is 5.73 Å². The summed E-state index contributed by atoms with van der Waals surface area (Å²) in [6.07, 6.45) is 0. The Balaban J connectivity index is 1.97. The van der Waals surface area contributed by atoms with Gasteiger partial charge in [0, 0.05) is 6.54 Å². The largest absolute Gasteiger partial charge is 0.379 e. The van der Waals surface area contributed by atoms with Crippen LogP contribution in [0.1, 0.15) is 16.1 Å². The Morgan fingerprint density at radius 3 is 2.69 bits per heavy atom. The highest BCUT2D eigenvalue weighted by atomic mass is 16.6. The Morgan fingerprint density at radius 1 is 1.31 bits per heavy atom. The lowest BCUT2D eigenvalue weighted by Crippen LogP contribution is -2.24. The van der Waals surface area contributed by atoms with E-state index in [9.17, 15) is 4.79 Å². The molecule has 0 bridgehead atoms. The lowest BCUT2D eigenvalue weighted by atomic mass is 10.2. The van der Waals surface area contributed by atoms with E-state index in [0.717, 1.165) is 5.56 Å². The summed E-state index contributed by atoms with van der Waals surface area (Å²) in [6, 6.07) is 9.52. The maximum Gasteiger partial charge on any atom is 0.277 e. The fourth-order valence-electron chi connectivity index (χ4n) is 1.21. The molecule has 0 aliphatic heterocycles. The van der Waals surface area contributed by atoms with E-state index in [1.807, 2.05) is 30.3 Å². The molecule has 0 fully saturated rings. The predicted octanol–water partition coefficient (Wildman–Crippen LogP) is 0.582. The minimum atomic E-state index is -0.400. The van der Waals surface area contributed by atoms with Crippen molar-refractivity contribution in [2.45, 2.75) is 6.54 Å². The van der Waals surface area contributed by atoms with Crippen molar-refractivity contribution in [3.63, 3.8) is 0 Å². The molecule has 0 aliphatic rings. The quantitative estimate of drug-likeness (QED) is 0.785. The monoisotopic (exact) mass is 218 g/mol. The van der Waals surface area contributed by atoms with Crippen LogP contribution in [0.4, 0.5) is 5.82 Å². The number of nitrogens with two attached hydrogens (primary N) is 1. The standard InChI is InChI=1S/C10H10N4O2/c11-9-8(13-16-14-9)10(15)12-6-7-4-2-1-3-5-7/h1-5H,6H2,(H2,11,14)(H,12,15). The smallest absolute Gasteiger partial charge is 0.277 e. The van der Waals surface area contributed by atoms with Gasteiger partial charge in [-0.2, -0.15) is 0 Å². The van der Waals surface area contributed by atoms with Gasteiger partial charge < -0.3 is 11.1 Å². The number of rotatable bonds is 3. The van der Waals surface area contributed by atoms with Crippen LogP contribution in [0, 0.1) is 0 Å². The van der Waals surface area contributed by atoms with Crippen molar-refractivity contribution in [1.29, 1.82) is 0 Å². The Labute approximate surface area is 91.4 Å².